The summed E-state index contributed by atoms with van der Waals surface area (Å²) in [5, 5.41) is 73.0. The molecule has 0 unspecified atom stereocenters. The number of fused-ring (bicyclic) bond motifs is 15. The van der Waals surface area contributed by atoms with Crippen LogP contribution in [0.5, 0.6) is 46.0 Å². The topological polar surface area (TPSA) is 399 Å². The number of ether oxygens (including phenoxy) is 3. The maximum atomic E-state index is 15.5. The number of rotatable bonds is 11. The lowest BCUT2D eigenvalue weighted by atomic mass is 9.89. The van der Waals surface area contributed by atoms with E-state index in [1.807, 2.05) is 0 Å². The highest BCUT2D eigenvalue weighted by atomic mass is 35.5. The van der Waals surface area contributed by atoms with Crippen LogP contribution >= 0.6 is 23.2 Å². The van der Waals surface area contributed by atoms with Gasteiger partial charge >= 0.3 is 5.97 Å². The molecule has 24 nitrogen and oxygen atoms in total. The van der Waals surface area contributed by atoms with E-state index in [1.165, 1.54) is 42.5 Å². The van der Waals surface area contributed by atoms with E-state index in [0.29, 0.717) is 31.4 Å². The molecule has 0 saturated carbocycles. The summed E-state index contributed by atoms with van der Waals surface area (Å²) in [6.45, 7) is 0.563. The van der Waals surface area contributed by atoms with E-state index in [2.05, 4.69) is 31.9 Å². The Bertz CT molecular complexity index is 3290. The Labute approximate surface area is 472 Å². The fourth-order valence-electron chi connectivity index (χ4n) is 9.58. The van der Waals surface area contributed by atoms with Crippen molar-refractivity contribution in [2.45, 2.75) is 93.3 Å². The number of aromatic hydroxyl groups is 4. The first-order valence-corrected chi connectivity index (χ1v) is 26.4. The SMILES string of the molecule is COC(=O)[C@@H]1NC(=O)[C@H]2NC(=O)[C@H](NC(=O)[C@@H]3NC(=O)[C@H](CCCCN)NC(=O)[C@H](NC(=O)[C@H](N)CCCCN)Cc4ccc(c(Cl)c4)Oc4cc3cc(c4O)Oc3ccc(cc3Cl)[C@H]2O)c2ccc(O)c(c2)-c2c(O)cc(O)cc21. The van der Waals surface area contributed by atoms with Gasteiger partial charge in [0.05, 0.1) is 23.2 Å². The molecular formula is C55H59Cl2N9O15. The van der Waals surface area contributed by atoms with Gasteiger partial charge in [0.15, 0.2) is 17.5 Å². The van der Waals surface area contributed by atoms with Gasteiger partial charge < -0.3 is 88.8 Å². The van der Waals surface area contributed by atoms with Crippen LogP contribution in [0.25, 0.3) is 11.1 Å². The quantitative estimate of drug-likeness (QED) is 0.0667. The highest BCUT2D eigenvalue weighted by Gasteiger charge is 2.41. The number of carbonyl (C=O) groups is 7. The lowest BCUT2D eigenvalue weighted by molar-refractivity contribution is -0.146. The van der Waals surface area contributed by atoms with E-state index in [9.17, 15) is 49.5 Å². The summed E-state index contributed by atoms with van der Waals surface area (Å²) < 4.78 is 17.4. The summed E-state index contributed by atoms with van der Waals surface area (Å²) in [5.41, 5.74) is 16.7. The number of hydrogen-bond acceptors (Lipinski definition) is 18. The van der Waals surface area contributed by atoms with Gasteiger partial charge in [-0.15, -0.1) is 0 Å². The normalized spacial score (nSPS) is 21.3. The average molecular weight is 1160 g/mol. The minimum atomic E-state index is -2.08. The largest absolute Gasteiger partial charge is 0.508 e. The fourth-order valence-corrected chi connectivity index (χ4v) is 10.1. The van der Waals surface area contributed by atoms with Crippen LogP contribution in [0.15, 0.2) is 78.9 Å². The second-order valence-electron chi connectivity index (χ2n) is 19.5. The Balaban J connectivity index is 1.34. The minimum absolute atomic E-state index is 0.0490. The molecule has 0 fully saturated rings. The molecule has 5 aromatic carbocycles. The number of halogens is 2. The molecule has 5 aliphatic heterocycles. The second-order valence-corrected chi connectivity index (χ2v) is 20.3. The zero-order valence-corrected chi connectivity index (χ0v) is 44.8. The first-order valence-electron chi connectivity index (χ1n) is 25.6. The summed E-state index contributed by atoms with van der Waals surface area (Å²) in [5.74, 6) is -11.0. The maximum absolute atomic E-state index is 15.5. The summed E-state index contributed by atoms with van der Waals surface area (Å²) in [4.78, 5) is 102. The van der Waals surface area contributed by atoms with Gasteiger partial charge in [0, 0.05) is 29.2 Å². The summed E-state index contributed by atoms with van der Waals surface area (Å²) in [7, 11) is 0.984. The molecule has 5 aromatic rings. The van der Waals surface area contributed by atoms with Crippen molar-refractivity contribution in [1.29, 1.82) is 0 Å². The fraction of sp³-hybridized carbons (Fsp3) is 0.327. The molecule has 11 bridgehead atoms. The smallest absolute Gasteiger partial charge is 0.333 e. The van der Waals surface area contributed by atoms with E-state index >= 15 is 9.59 Å². The number of benzene rings is 5. The van der Waals surface area contributed by atoms with E-state index in [4.69, 9.17) is 54.6 Å². The molecule has 0 spiro atoms. The lowest BCUT2D eigenvalue weighted by Crippen LogP contribution is -2.57. The van der Waals surface area contributed by atoms with Crippen LogP contribution in [0.2, 0.25) is 10.0 Å². The first kappa shape index (κ1) is 58.8. The van der Waals surface area contributed by atoms with Crippen molar-refractivity contribution in [3.63, 3.8) is 0 Å². The number of nitrogens with two attached hydrogens (primary N) is 3. The number of esters is 1. The number of amides is 6. The molecule has 0 aliphatic carbocycles. The van der Waals surface area contributed by atoms with Gasteiger partial charge in [-0.1, -0.05) is 47.8 Å². The van der Waals surface area contributed by atoms with Gasteiger partial charge in [-0.25, -0.2) is 4.79 Å². The number of phenols is 4. The summed E-state index contributed by atoms with van der Waals surface area (Å²) in [6, 6.07) is 3.95. The van der Waals surface area contributed by atoms with Crippen LogP contribution in [-0.2, 0) is 44.7 Å². The number of aliphatic hydroxyl groups excluding tert-OH is 1. The van der Waals surface area contributed by atoms with Gasteiger partial charge in [-0.3, -0.25) is 28.8 Å². The molecule has 428 valence electrons. The standard InChI is InChI=1S/C55H59Cl2N9O15/c1-79-55(78)45-30-22-28(67)23-37(69)42(30)29-18-25(9-11-36(29)68)43-52(75)66-46(54(77)65-45)47(70)26-10-13-39(32(57)19-26)81-41-21-27-20-40(48(41)71)80-38-12-8-24(16-31(38)56)17-35(62-49(72)33(60)6-2-4-14-58)51(74)61-34(7-3-5-15-59)50(73)63-44(27)53(76)64-43/h8-13,16,18-23,33-35,43-47,67-71H,2-7,14-15,17,58-60H2,1H3,(H,61,74)(H,62,72)(H,63,73)(H,64,76)(H,65,77)(H,66,75)/t33-,34+,35-,43-,44-,45-,46+,47-/m1/s1. The highest BCUT2D eigenvalue weighted by molar-refractivity contribution is 6.32. The summed E-state index contributed by atoms with van der Waals surface area (Å²) in [6.07, 6.45) is -0.308. The van der Waals surface area contributed by atoms with E-state index < -0.39 is 124 Å². The molecule has 5 aliphatic rings. The van der Waals surface area contributed by atoms with Crippen LogP contribution in [0.1, 0.15) is 90.6 Å². The van der Waals surface area contributed by atoms with Gasteiger partial charge in [0.2, 0.25) is 41.2 Å². The summed E-state index contributed by atoms with van der Waals surface area (Å²) >= 11 is 13.6. The maximum Gasteiger partial charge on any atom is 0.333 e. The van der Waals surface area contributed by atoms with Crippen molar-refractivity contribution >= 4 is 64.6 Å². The second kappa shape index (κ2) is 25.4. The number of phenolic OH excluding ortho intramolecular Hbond substituents is 4. The Morgan fingerprint density at radius 3 is 1.98 bits per heavy atom. The molecule has 6 amide bonds. The Kier molecular flexibility index (Phi) is 18.4. The van der Waals surface area contributed by atoms with E-state index in [1.54, 1.807) is 6.07 Å². The Hall–Kier alpha value is -8.39. The van der Waals surface area contributed by atoms with E-state index in [-0.39, 0.29) is 87.2 Å². The molecule has 81 heavy (non-hydrogen) atoms. The lowest BCUT2D eigenvalue weighted by Gasteiger charge is -2.31. The molecule has 10 rings (SSSR count). The number of hydrogen-bond donors (Lipinski definition) is 14. The zero-order chi connectivity index (χ0) is 58.4. The number of methoxy groups -OCH3 is 1. The predicted octanol–water partition coefficient (Wildman–Crippen LogP) is 3.07. The third kappa shape index (κ3) is 13.1. The number of carbonyl (C=O) groups excluding carboxylic acids is 7. The van der Waals surface area contributed by atoms with Gasteiger partial charge in [-0.2, -0.15) is 0 Å². The Morgan fingerprint density at radius 2 is 1.31 bits per heavy atom. The number of nitrogens with one attached hydrogen (secondary N) is 6. The van der Waals surface area contributed by atoms with Gasteiger partial charge in [0.25, 0.3) is 0 Å². The molecule has 26 heteroatoms. The van der Waals surface area contributed by atoms with Crippen molar-refractivity contribution < 1.29 is 73.3 Å². The highest BCUT2D eigenvalue weighted by Crippen LogP contribution is 2.47. The Morgan fingerprint density at radius 1 is 0.679 bits per heavy atom. The van der Waals surface area contributed by atoms with E-state index in [0.717, 1.165) is 37.4 Å². The van der Waals surface area contributed by atoms with Gasteiger partial charge in [0.1, 0.15) is 65.1 Å². The van der Waals surface area contributed by atoms with Crippen LogP contribution in [0.4, 0.5) is 0 Å². The average Bonchev–Trinajstić information content (AvgIpc) is 3.52. The van der Waals surface area contributed by atoms with Crippen LogP contribution in [0, 0.1) is 0 Å². The van der Waals surface area contributed by atoms with Crippen molar-refractivity contribution in [3.8, 4) is 57.1 Å². The number of unbranched alkanes of at least 4 members (excludes halogenated alkanes) is 2. The van der Waals surface area contributed by atoms with Crippen LogP contribution < -0.4 is 58.6 Å². The molecule has 17 N–H and O–H groups in total. The first-order chi connectivity index (χ1) is 38.7. The number of aliphatic hydroxyl groups is 1. The van der Waals surface area contributed by atoms with Crippen molar-refractivity contribution in [3.05, 3.63) is 117 Å². The molecule has 8 atom stereocenters. The third-order valence-electron chi connectivity index (χ3n) is 13.9. The molecular weight excluding hydrogens is 1100 g/mol. The van der Waals surface area contributed by atoms with Crippen molar-refractivity contribution in [2.24, 2.45) is 17.2 Å². The van der Waals surface area contributed by atoms with Crippen molar-refractivity contribution in [1.82, 2.24) is 31.9 Å². The molecule has 5 heterocycles. The minimum Gasteiger partial charge on any atom is -0.508 e. The predicted molar refractivity (Wildman–Crippen MR) is 291 cm³/mol. The van der Waals surface area contributed by atoms with Crippen molar-refractivity contribution in [2.75, 3.05) is 20.2 Å². The third-order valence-corrected chi connectivity index (χ3v) is 14.5. The van der Waals surface area contributed by atoms with Crippen LogP contribution in [0.3, 0.4) is 0 Å². The molecule has 0 radical (unpaired) electrons. The monoisotopic (exact) mass is 1160 g/mol. The zero-order valence-electron chi connectivity index (χ0n) is 43.3. The van der Waals surface area contributed by atoms with Gasteiger partial charge in [-0.05, 0) is 122 Å². The van der Waals surface area contributed by atoms with Crippen LogP contribution in [-0.4, -0.2) is 111 Å². The molecule has 0 saturated heterocycles. The molecule has 0 aromatic heterocycles.